The van der Waals surface area contributed by atoms with Gasteiger partial charge in [-0.25, -0.2) is 0 Å². The van der Waals surface area contributed by atoms with Crippen molar-refractivity contribution in [1.82, 2.24) is 0 Å². The van der Waals surface area contributed by atoms with Gasteiger partial charge in [0.05, 0.1) is 11.0 Å². The van der Waals surface area contributed by atoms with Gasteiger partial charge in [0.1, 0.15) is 0 Å². The van der Waals surface area contributed by atoms with Gasteiger partial charge in [0.25, 0.3) is 0 Å². The number of halogens is 3. The number of benzene rings is 2. The third kappa shape index (κ3) is 3.60. The van der Waals surface area contributed by atoms with Crippen molar-refractivity contribution in [3.8, 4) is 0 Å². The fourth-order valence-electron chi connectivity index (χ4n) is 3.31. The molecule has 0 unspecified atom stereocenters. The van der Waals surface area contributed by atoms with Crippen LogP contribution in [-0.4, -0.2) is 19.1 Å². The van der Waals surface area contributed by atoms with Gasteiger partial charge in [-0.2, -0.15) is 13.2 Å². The van der Waals surface area contributed by atoms with E-state index in [1.807, 2.05) is 25.1 Å². The first kappa shape index (κ1) is 18.5. The van der Waals surface area contributed by atoms with Crippen molar-refractivity contribution < 1.29 is 22.7 Å². The topological polar surface area (TPSA) is 38.3 Å². The molecule has 1 saturated heterocycles. The molecule has 1 aliphatic heterocycles. The number of para-hydroxylation sites is 1. The summed E-state index contributed by atoms with van der Waals surface area (Å²) >= 11 is 0. The molecule has 1 amide bonds. The van der Waals surface area contributed by atoms with Crippen LogP contribution in [0, 0.1) is 6.92 Å². The van der Waals surface area contributed by atoms with Crippen LogP contribution in [0.5, 0.6) is 0 Å². The van der Waals surface area contributed by atoms with E-state index in [-0.39, 0.29) is 5.91 Å². The second-order valence-electron chi connectivity index (χ2n) is 6.54. The van der Waals surface area contributed by atoms with E-state index in [9.17, 15) is 18.0 Å². The molecule has 1 fully saturated rings. The summed E-state index contributed by atoms with van der Waals surface area (Å²) in [5, 5.41) is 2.90. The number of rotatable bonds is 3. The summed E-state index contributed by atoms with van der Waals surface area (Å²) in [6.07, 6.45) is -3.77. The predicted octanol–water partition coefficient (Wildman–Crippen LogP) is 4.70. The van der Waals surface area contributed by atoms with Crippen LogP contribution in [-0.2, 0) is 21.1 Å². The molecule has 1 N–H and O–H groups in total. The number of carbonyl (C=O) groups is 1. The lowest BCUT2D eigenvalue weighted by atomic mass is 9.73. The molecule has 0 atom stereocenters. The van der Waals surface area contributed by atoms with Gasteiger partial charge in [-0.1, -0.05) is 36.4 Å². The van der Waals surface area contributed by atoms with Gasteiger partial charge in [0.2, 0.25) is 5.91 Å². The Morgan fingerprint density at radius 3 is 2.42 bits per heavy atom. The molecule has 1 heterocycles. The van der Waals surface area contributed by atoms with E-state index in [1.165, 1.54) is 6.07 Å². The molecular weight excluding hydrogens is 343 g/mol. The van der Waals surface area contributed by atoms with Gasteiger partial charge in [0.15, 0.2) is 0 Å². The summed E-state index contributed by atoms with van der Waals surface area (Å²) < 4.78 is 44.8. The van der Waals surface area contributed by atoms with Gasteiger partial charge >= 0.3 is 6.18 Å². The average Bonchev–Trinajstić information content (AvgIpc) is 2.63. The van der Waals surface area contributed by atoms with Crippen molar-refractivity contribution in [1.29, 1.82) is 0 Å². The van der Waals surface area contributed by atoms with E-state index in [4.69, 9.17) is 4.74 Å². The van der Waals surface area contributed by atoms with Crippen LogP contribution in [0.4, 0.5) is 18.9 Å². The number of nitrogens with one attached hydrogen (secondary N) is 1. The lowest BCUT2D eigenvalue weighted by Crippen LogP contribution is -2.45. The minimum atomic E-state index is -4.45. The van der Waals surface area contributed by atoms with Crippen LogP contribution in [0.15, 0.2) is 48.5 Å². The van der Waals surface area contributed by atoms with Crippen LogP contribution < -0.4 is 5.32 Å². The fraction of sp³-hybridized carbons (Fsp3) is 0.350. The number of anilines is 1. The highest BCUT2D eigenvalue weighted by Gasteiger charge is 2.43. The number of carbonyl (C=O) groups excluding carboxylic acids is 1. The smallest absolute Gasteiger partial charge is 0.381 e. The normalized spacial score (nSPS) is 16.9. The molecule has 0 radical (unpaired) electrons. The SMILES string of the molecule is Cc1ccccc1NC(=O)C1(c2cccc(C(F)(F)F)c2)CCOCC1. The van der Waals surface area contributed by atoms with Crippen LogP contribution in [0.25, 0.3) is 0 Å². The van der Waals surface area contributed by atoms with Gasteiger partial charge in [-0.05, 0) is 43.0 Å². The highest BCUT2D eigenvalue weighted by atomic mass is 19.4. The molecule has 1 aliphatic rings. The zero-order chi connectivity index (χ0) is 18.8. The minimum absolute atomic E-state index is 0.297. The Morgan fingerprint density at radius 2 is 1.77 bits per heavy atom. The van der Waals surface area contributed by atoms with Crippen LogP contribution in [0.3, 0.4) is 0 Å². The van der Waals surface area contributed by atoms with Crippen molar-refractivity contribution in [3.05, 3.63) is 65.2 Å². The maximum atomic E-state index is 13.2. The molecule has 6 heteroatoms. The summed E-state index contributed by atoms with van der Waals surface area (Å²) in [7, 11) is 0. The van der Waals surface area contributed by atoms with Gasteiger partial charge in [-0.15, -0.1) is 0 Å². The largest absolute Gasteiger partial charge is 0.416 e. The molecule has 3 rings (SSSR count). The molecule has 0 aliphatic carbocycles. The minimum Gasteiger partial charge on any atom is -0.381 e. The third-order valence-corrected chi connectivity index (χ3v) is 4.92. The Kier molecular flexibility index (Phi) is 5.05. The Bertz CT molecular complexity index is 796. The quantitative estimate of drug-likeness (QED) is 0.858. The monoisotopic (exact) mass is 363 g/mol. The summed E-state index contributed by atoms with van der Waals surface area (Å²) in [6.45, 7) is 2.53. The number of hydrogen-bond donors (Lipinski definition) is 1. The number of alkyl halides is 3. The summed E-state index contributed by atoms with van der Waals surface area (Å²) in [4.78, 5) is 13.2. The number of ether oxygens (including phenoxy) is 1. The lowest BCUT2D eigenvalue weighted by Gasteiger charge is -2.36. The maximum Gasteiger partial charge on any atom is 0.416 e. The Hall–Kier alpha value is -2.34. The first-order valence-corrected chi connectivity index (χ1v) is 8.45. The summed E-state index contributed by atoms with van der Waals surface area (Å²) in [6, 6.07) is 12.4. The van der Waals surface area contributed by atoms with Crippen molar-refractivity contribution in [2.24, 2.45) is 0 Å². The molecule has 2 aromatic rings. The Morgan fingerprint density at radius 1 is 1.08 bits per heavy atom. The first-order chi connectivity index (χ1) is 12.3. The second kappa shape index (κ2) is 7.11. The van der Waals surface area contributed by atoms with E-state index in [2.05, 4.69) is 5.32 Å². The molecule has 3 nitrogen and oxygen atoms in total. The van der Waals surface area contributed by atoms with Gasteiger partial charge in [-0.3, -0.25) is 4.79 Å². The van der Waals surface area contributed by atoms with Crippen LogP contribution >= 0.6 is 0 Å². The molecule has 0 saturated carbocycles. The maximum absolute atomic E-state index is 13.2. The summed E-state index contributed by atoms with van der Waals surface area (Å²) in [5.74, 6) is -0.297. The van der Waals surface area contributed by atoms with E-state index < -0.39 is 17.2 Å². The molecule has 0 spiro atoms. The Labute approximate surface area is 150 Å². The predicted molar refractivity (Wildman–Crippen MR) is 93.0 cm³/mol. The highest BCUT2D eigenvalue weighted by molar-refractivity contribution is 5.99. The molecule has 138 valence electrons. The number of hydrogen-bond acceptors (Lipinski definition) is 2. The van der Waals surface area contributed by atoms with Crippen molar-refractivity contribution >= 4 is 11.6 Å². The lowest BCUT2D eigenvalue weighted by molar-refractivity contribution is -0.138. The number of amides is 1. The van der Waals surface area contributed by atoms with E-state index in [0.717, 1.165) is 17.7 Å². The van der Waals surface area contributed by atoms with E-state index in [0.29, 0.717) is 37.3 Å². The Balaban J connectivity index is 1.99. The summed E-state index contributed by atoms with van der Waals surface area (Å²) in [5.41, 5.74) is 0.149. The molecule has 0 aromatic heterocycles. The zero-order valence-electron chi connectivity index (χ0n) is 14.4. The van der Waals surface area contributed by atoms with Gasteiger partial charge in [0, 0.05) is 18.9 Å². The second-order valence-corrected chi connectivity index (χ2v) is 6.54. The molecule has 26 heavy (non-hydrogen) atoms. The van der Waals surface area contributed by atoms with Crippen molar-refractivity contribution in [2.45, 2.75) is 31.4 Å². The van der Waals surface area contributed by atoms with Gasteiger partial charge < -0.3 is 10.1 Å². The zero-order valence-corrected chi connectivity index (χ0v) is 14.4. The molecule has 2 aromatic carbocycles. The van der Waals surface area contributed by atoms with E-state index >= 15 is 0 Å². The molecular formula is C20H20F3NO2. The van der Waals surface area contributed by atoms with Crippen LogP contribution in [0.2, 0.25) is 0 Å². The number of aryl methyl sites for hydroxylation is 1. The van der Waals surface area contributed by atoms with Crippen molar-refractivity contribution in [3.63, 3.8) is 0 Å². The average molecular weight is 363 g/mol. The van der Waals surface area contributed by atoms with Crippen molar-refractivity contribution in [2.75, 3.05) is 18.5 Å². The highest BCUT2D eigenvalue weighted by Crippen LogP contribution is 2.39. The molecule has 0 bridgehead atoms. The van der Waals surface area contributed by atoms with Crippen LogP contribution in [0.1, 0.15) is 29.5 Å². The standard InChI is InChI=1S/C20H20F3NO2/c1-14-5-2-3-8-17(14)24-18(25)19(9-11-26-12-10-19)15-6-4-7-16(13-15)20(21,22)23/h2-8,13H,9-12H2,1H3,(H,24,25). The third-order valence-electron chi connectivity index (χ3n) is 4.92. The fourth-order valence-corrected chi connectivity index (χ4v) is 3.31. The first-order valence-electron chi connectivity index (χ1n) is 8.45. The van der Waals surface area contributed by atoms with E-state index in [1.54, 1.807) is 12.1 Å².